The molecule has 1 aliphatic heterocycles. The first-order valence-corrected chi connectivity index (χ1v) is 13.7. The van der Waals surface area contributed by atoms with Crippen LogP contribution in [-0.4, -0.2) is 16.0 Å². The second kappa shape index (κ2) is 9.74. The van der Waals surface area contributed by atoms with Gasteiger partial charge in [-0.05, 0) is 35.1 Å². The number of anilines is 1. The van der Waals surface area contributed by atoms with Gasteiger partial charge in [0.15, 0.2) is 10.1 Å². The lowest BCUT2D eigenvalue weighted by atomic mass is 9.69. The predicted octanol–water partition coefficient (Wildman–Crippen LogP) is 6.42. The Bertz CT molecular complexity index is 1440. The lowest BCUT2D eigenvalue weighted by molar-refractivity contribution is -0.118. The number of thioether (sulfide) groups is 1. The van der Waals surface area contributed by atoms with Crippen molar-refractivity contribution < 1.29 is 4.79 Å². The molecular weight excluding hydrogens is 510 g/mol. The van der Waals surface area contributed by atoms with E-state index in [9.17, 15) is 10.1 Å². The fourth-order valence-corrected chi connectivity index (χ4v) is 6.85. The molecule has 0 fully saturated rings. The van der Waals surface area contributed by atoms with E-state index in [-0.39, 0.29) is 17.0 Å². The SMILES string of the molecule is CC1(C)CC(=O)C2=C(C1)N(c1nnc(SCc3ccccc3)s1)C(N)=C(C#N)C2c1cccc(Cl)c1. The summed E-state index contributed by atoms with van der Waals surface area (Å²) in [5.74, 6) is 0.492. The zero-order valence-corrected chi connectivity index (χ0v) is 22.3. The minimum Gasteiger partial charge on any atom is -0.384 e. The van der Waals surface area contributed by atoms with Crippen LogP contribution in [0.5, 0.6) is 0 Å². The Labute approximate surface area is 223 Å². The van der Waals surface area contributed by atoms with Crippen LogP contribution in [0.25, 0.3) is 0 Å². The maximum absolute atomic E-state index is 13.6. The molecule has 9 heteroatoms. The Morgan fingerprint density at radius 1 is 1.19 bits per heavy atom. The summed E-state index contributed by atoms with van der Waals surface area (Å²) in [7, 11) is 0. The first-order valence-electron chi connectivity index (χ1n) is 11.5. The van der Waals surface area contributed by atoms with Crippen molar-refractivity contribution in [2.45, 2.75) is 42.7 Å². The number of nitriles is 1. The van der Waals surface area contributed by atoms with Crippen LogP contribution in [0, 0.1) is 16.7 Å². The van der Waals surface area contributed by atoms with E-state index in [0.29, 0.717) is 34.1 Å². The number of hydrogen-bond donors (Lipinski definition) is 1. The molecule has 1 aliphatic carbocycles. The molecule has 0 saturated heterocycles. The Morgan fingerprint density at radius 2 is 1.97 bits per heavy atom. The summed E-state index contributed by atoms with van der Waals surface area (Å²) in [4.78, 5) is 15.4. The molecule has 1 aromatic heterocycles. The van der Waals surface area contributed by atoms with E-state index in [0.717, 1.165) is 21.4 Å². The summed E-state index contributed by atoms with van der Waals surface area (Å²) in [6, 6.07) is 19.7. The Morgan fingerprint density at radius 3 is 2.69 bits per heavy atom. The number of Topliss-reactive ketones (excluding diaryl/α,β-unsaturated/α-hetero) is 1. The molecule has 2 N–H and O–H groups in total. The second-order valence-electron chi connectivity index (χ2n) is 9.66. The van der Waals surface area contributed by atoms with Gasteiger partial charge in [0.2, 0.25) is 5.13 Å². The Hall–Kier alpha value is -3.12. The maximum atomic E-state index is 13.6. The topological polar surface area (TPSA) is 95.9 Å². The van der Waals surface area contributed by atoms with Gasteiger partial charge in [-0.3, -0.25) is 9.69 Å². The molecule has 5 rings (SSSR count). The van der Waals surface area contributed by atoms with Crippen molar-refractivity contribution in [3.05, 3.63) is 93.4 Å². The second-order valence-corrected chi connectivity index (χ2v) is 12.3. The van der Waals surface area contributed by atoms with Gasteiger partial charge >= 0.3 is 0 Å². The molecule has 36 heavy (non-hydrogen) atoms. The van der Waals surface area contributed by atoms with Crippen LogP contribution in [-0.2, 0) is 10.5 Å². The number of hydrogen-bond acceptors (Lipinski definition) is 8. The van der Waals surface area contributed by atoms with Crippen molar-refractivity contribution in [2.24, 2.45) is 11.1 Å². The number of carbonyl (C=O) groups excluding carboxylic acids is 1. The van der Waals surface area contributed by atoms with Crippen LogP contribution in [0.4, 0.5) is 5.13 Å². The summed E-state index contributed by atoms with van der Waals surface area (Å²) >= 11 is 9.29. The van der Waals surface area contributed by atoms with Crippen LogP contribution >= 0.6 is 34.7 Å². The molecule has 6 nitrogen and oxygen atoms in total. The monoisotopic (exact) mass is 533 g/mol. The highest BCUT2D eigenvalue weighted by Crippen LogP contribution is 2.51. The van der Waals surface area contributed by atoms with Crippen molar-refractivity contribution in [1.82, 2.24) is 10.2 Å². The van der Waals surface area contributed by atoms with E-state index in [1.807, 2.05) is 30.3 Å². The number of aromatic nitrogens is 2. The highest BCUT2D eigenvalue weighted by atomic mass is 35.5. The molecule has 0 bridgehead atoms. The lowest BCUT2D eigenvalue weighted by Crippen LogP contribution is -2.42. The fraction of sp³-hybridized carbons (Fsp3) is 0.259. The van der Waals surface area contributed by atoms with Gasteiger partial charge in [-0.2, -0.15) is 5.26 Å². The molecule has 0 saturated carbocycles. The van der Waals surface area contributed by atoms with Crippen LogP contribution < -0.4 is 10.6 Å². The van der Waals surface area contributed by atoms with Gasteiger partial charge in [-0.1, -0.05) is 91.0 Å². The van der Waals surface area contributed by atoms with Crippen LogP contribution in [0.3, 0.4) is 0 Å². The van der Waals surface area contributed by atoms with Gasteiger partial charge in [0.05, 0.1) is 17.6 Å². The molecule has 0 radical (unpaired) electrons. The smallest absolute Gasteiger partial charge is 0.219 e. The van der Waals surface area contributed by atoms with Crippen LogP contribution in [0.2, 0.25) is 5.02 Å². The van der Waals surface area contributed by atoms with Gasteiger partial charge in [0, 0.05) is 28.5 Å². The first kappa shape index (κ1) is 24.6. The number of halogens is 1. The quantitative estimate of drug-likeness (QED) is 0.378. The first-order chi connectivity index (χ1) is 17.3. The van der Waals surface area contributed by atoms with E-state index in [1.54, 1.807) is 28.8 Å². The highest BCUT2D eigenvalue weighted by Gasteiger charge is 2.45. The fourth-order valence-electron chi connectivity index (χ4n) is 4.82. The predicted molar refractivity (Wildman–Crippen MR) is 144 cm³/mol. The molecule has 0 spiro atoms. The van der Waals surface area contributed by atoms with Crippen molar-refractivity contribution in [3.8, 4) is 6.07 Å². The minimum absolute atomic E-state index is 0.0136. The molecular formula is C27H24ClN5OS2. The number of allylic oxidation sites excluding steroid dienone is 3. The summed E-state index contributed by atoms with van der Waals surface area (Å²) < 4.78 is 0.792. The van der Waals surface area contributed by atoms with Gasteiger partial charge < -0.3 is 5.73 Å². The van der Waals surface area contributed by atoms with Crippen molar-refractivity contribution >= 4 is 45.6 Å². The zero-order valence-electron chi connectivity index (χ0n) is 19.9. The van der Waals surface area contributed by atoms with Gasteiger partial charge in [-0.25, -0.2) is 0 Å². The molecule has 2 heterocycles. The zero-order chi connectivity index (χ0) is 25.4. The normalized spacial score (nSPS) is 19.3. The third-order valence-electron chi connectivity index (χ3n) is 6.36. The molecule has 182 valence electrons. The number of nitrogens with zero attached hydrogens (tertiary/aromatic N) is 4. The average molecular weight is 534 g/mol. The number of carbonyl (C=O) groups is 1. The number of benzene rings is 2. The van der Waals surface area contributed by atoms with Crippen LogP contribution in [0.15, 0.2) is 81.6 Å². The number of nitrogens with two attached hydrogens (primary N) is 1. The largest absolute Gasteiger partial charge is 0.384 e. The molecule has 1 unspecified atom stereocenters. The lowest BCUT2D eigenvalue weighted by Gasteiger charge is -2.42. The minimum atomic E-state index is -0.566. The van der Waals surface area contributed by atoms with E-state index >= 15 is 0 Å². The standard InChI is InChI=1S/C27H24ClN5OS2/c1-27(2)12-20-23(21(34)13-27)22(17-9-6-10-18(28)11-17)19(14-29)24(30)33(20)25-31-32-26(36-25)35-15-16-7-4-3-5-8-16/h3-11,22H,12-13,15,30H2,1-2H3. The summed E-state index contributed by atoms with van der Waals surface area (Å²) in [5, 5.41) is 20.1. The van der Waals surface area contributed by atoms with Gasteiger partial charge in [0.1, 0.15) is 5.82 Å². The van der Waals surface area contributed by atoms with Crippen molar-refractivity contribution in [1.29, 1.82) is 5.26 Å². The van der Waals surface area contributed by atoms with E-state index in [1.165, 1.54) is 16.9 Å². The molecule has 3 aromatic rings. The maximum Gasteiger partial charge on any atom is 0.219 e. The number of ketones is 1. The summed E-state index contributed by atoms with van der Waals surface area (Å²) in [6.45, 7) is 4.14. The Balaban J connectivity index is 1.59. The highest BCUT2D eigenvalue weighted by molar-refractivity contribution is 8.00. The summed E-state index contributed by atoms with van der Waals surface area (Å²) in [6.07, 6.45) is 1.01. The molecule has 1 atom stereocenters. The third kappa shape index (κ3) is 4.66. The van der Waals surface area contributed by atoms with Gasteiger partial charge in [-0.15, -0.1) is 10.2 Å². The summed E-state index contributed by atoms with van der Waals surface area (Å²) in [5.41, 5.74) is 10.1. The average Bonchev–Trinajstić information content (AvgIpc) is 3.30. The van der Waals surface area contributed by atoms with E-state index in [4.69, 9.17) is 17.3 Å². The van der Waals surface area contributed by atoms with E-state index < -0.39 is 5.92 Å². The van der Waals surface area contributed by atoms with Crippen molar-refractivity contribution in [3.63, 3.8) is 0 Å². The molecule has 2 aliphatic rings. The number of rotatable bonds is 5. The van der Waals surface area contributed by atoms with Crippen molar-refractivity contribution in [2.75, 3.05) is 4.90 Å². The third-order valence-corrected chi connectivity index (χ3v) is 8.70. The Kier molecular flexibility index (Phi) is 6.64. The van der Waals surface area contributed by atoms with Crippen LogP contribution in [0.1, 0.15) is 43.7 Å². The molecule has 2 aromatic carbocycles. The van der Waals surface area contributed by atoms with E-state index in [2.05, 4.69) is 42.2 Å². The molecule has 0 amide bonds. The van der Waals surface area contributed by atoms with Gasteiger partial charge in [0.25, 0.3) is 0 Å².